The molecular formula is C25H29N3O4. The van der Waals surface area contributed by atoms with Gasteiger partial charge in [-0.2, -0.15) is 0 Å². The van der Waals surface area contributed by atoms with Crippen LogP contribution in [0, 0.1) is 0 Å². The maximum atomic E-state index is 13.5. The first-order valence-electron chi connectivity index (χ1n) is 11.0. The fraction of sp³-hybridized carbons (Fsp3) is 0.400. The molecule has 7 nitrogen and oxygen atoms in total. The number of ketones is 1. The van der Waals surface area contributed by atoms with E-state index in [-0.39, 0.29) is 30.3 Å². The van der Waals surface area contributed by atoms with Crippen LogP contribution in [0.3, 0.4) is 0 Å². The summed E-state index contributed by atoms with van der Waals surface area (Å²) < 4.78 is 5.52. The molecule has 3 unspecified atom stereocenters. The third-order valence-corrected chi connectivity index (χ3v) is 6.26. The van der Waals surface area contributed by atoms with Crippen molar-refractivity contribution in [3.8, 4) is 0 Å². The van der Waals surface area contributed by atoms with Gasteiger partial charge in [-0.05, 0) is 47.7 Å². The molecule has 0 radical (unpaired) electrons. The van der Waals surface area contributed by atoms with Crippen LogP contribution in [0.5, 0.6) is 0 Å². The number of anilines is 1. The Morgan fingerprint density at radius 2 is 1.81 bits per heavy atom. The number of nitrogen functional groups attached to an aromatic ring is 1. The number of rotatable bonds is 6. The molecule has 2 fully saturated rings. The highest BCUT2D eigenvalue weighted by atomic mass is 16.5. The number of amides is 2. The van der Waals surface area contributed by atoms with E-state index >= 15 is 0 Å². The monoisotopic (exact) mass is 435 g/mol. The summed E-state index contributed by atoms with van der Waals surface area (Å²) >= 11 is 0. The van der Waals surface area contributed by atoms with Crippen LogP contribution >= 0.6 is 0 Å². The van der Waals surface area contributed by atoms with Crippen molar-refractivity contribution in [2.45, 2.75) is 50.8 Å². The standard InChI is InChI=1S/C25H29N3O4/c1-15(2)17-5-7-18(8-6-17)24(30)27-20(13-16-3-9-19(26)10-4-16)25(31)28-12-11-22-23(28)21(29)14-32-22/h3-10,15,20,22-23H,11-14,26H2,1-2H3,(H,27,30). The van der Waals surface area contributed by atoms with E-state index in [1.807, 2.05) is 24.3 Å². The zero-order chi connectivity index (χ0) is 22.8. The zero-order valence-electron chi connectivity index (χ0n) is 18.4. The number of benzene rings is 2. The third-order valence-electron chi connectivity index (χ3n) is 6.26. The number of carbonyl (C=O) groups is 3. The lowest BCUT2D eigenvalue weighted by Gasteiger charge is -2.27. The minimum atomic E-state index is -0.803. The first kappa shape index (κ1) is 22.0. The second-order valence-electron chi connectivity index (χ2n) is 8.83. The van der Waals surface area contributed by atoms with Gasteiger partial charge in [0, 0.05) is 24.2 Å². The Bertz CT molecular complexity index is 1000. The Kier molecular flexibility index (Phi) is 6.28. The van der Waals surface area contributed by atoms with E-state index in [0.29, 0.717) is 36.6 Å². The van der Waals surface area contributed by atoms with Gasteiger partial charge < -0.3 is 20.7 Å². The first-order chi connectivity index (χ1) is 15.3. The lowest BCUT2D eigenvalue weighted by molar-refractivity contribution is -0.138. The van der Waals surface area contributed by atoms with Crippen molar-refractivity contribution < 1.29 is 19.1 Å². The highest BCUT2D eigenvalue weighted by Gasteiger charge is 2.48. The molecule has 168 valence electrons. The number of hydrogen-bond acceptors (Lipinski definition) is 5. The molecule has 2 aliphatic rings. The molecule has 2 aromatic carbocycles. The Balaban J connectivity index is 1.55. The van der Waals surface area contributed by atoms with Crippen LogP contribution in [-0.4, -0.2) is 53.8 Å². The fourth-order valence-corrected chi connectivity index (χ4v) is 4.39. The molecule has 0 saturated carbocycles. The summed E-state index contributed by atoms with van der Waals surface area (Å²) in [5.41, 5.74) is 8.91. The molecule has 7 heteroatoms. The van der Waals surface area contributed by atoms with Gasteiger partial charge in [-0.15, -0.1) is 0 Å². The second-order valence-corrected chi connectivity index (χ2v) is 8.83. The topological polar surface area (TPSA) is 102 Å². The van der Waals surface area contributed by atoms with Crippen molar-refractivity contribution in [2.75, 3.05) is 18.9 Å². The third kappa shape index (κ3) is 4.53. The maximum Gasteiger partial charge on any atom is 0.251 e. The predicted octanol–water partition coefficient (Wildman–Crippen LogP) is 2.30. The van der Waals surface area contributed by atoms with Crippen LogP contribution in [0.4, 0.5) is 5.69 Å². The number of nitrogens with zero attached hydrogens (tertiary/aromatic N) is 1. The molecule has 2 saturated heterocycles. The van der Waals surface area contributed by atoms with E-state index in [2.05, 4.69) is 19.2 Å². The number of nitrogens with one attached hydrogen (secondary N) is 1. The minimum Gasteiger partial charge on any atom is -0.399 e. The van der Waals surface area contributed by atoms with Crippen LogP contribution in [-0.2, 0) is 20.7 Å². The van der Waals surface area contributed by atoms with Crippen molar-refractivity contribution in [1.82, 2.24) is 10.2 Å². The number of ether oxygens (including phenoxy) is 1. The number of likely N-dealkylation sites (tertiary alicyclic amines) is 1. The molecule has 32 heavy (non-hydrogen) atoms. The molecule has 0 bridgehead atoms. The van der Waals surface area contributed by atoms with Gasteiger partial charge in [-0.25, -0.2) is 0 Å². The normalized spacial score (nSPS) is 21.0. The van der Waals surface area contributed by atoms with Gasteiger partial charge in [0.05, 0.1) is 6.10 Å². The molecule has 2 aromatic rings. The van der Waals surface area contributed by atoms with Crippen LogP contribution in [0.2, 0.25) is 0 Å². The van der Waals surface area contributed by atoms with E-state index in [9.17, 15) is 14.4 Å². The second kappa shape index (κ2) is 9.12. The molecule has 3 N–H and O–H groups in total. The van der Waals surface area contributed by atoms with Crippen molar-refractivity contribution in [3.05, 3.63) is 65.2 Å². The van der Waals surface area contributed by atoms with Crippen molar-refractivity contribution in [2.24, 2.45) is 0 Å². The average Bonchev–Trinajstić information content (AvgIpc) is 3.37. The van der Waals surface area contributed by atoms with Crippen LogP contribution in [0.15, 0.2) is 48.5 Å². The van der Waals surface area contributed by atoms with Gasteiger partial charge in [0.15, 0.2) is 5.78 Å². The van der Waals surface area contributed by atoms with E-state index in [1.165, 1.54) is 0 Å². The fourth-order valence-electron chi connectivity index (χ4n) is 4.39. The zero-order valence-corrected chi connectivity index (χ0v) is 18.4. The predicted molar refractivity (Wildman–Crippen MR) is 121 cm³/mol. The summed E-state index contributed by atoms with van der Waals surface area (Å²) in [5, 5.41) is 2.90. The van der Waals surface area contributed by atoms with Crippen LogP contribution in [0.1, 0.15) is 47.7 Å². The van der Waals surface area contributed by atoms with Gasteiger partial charge in [0.1, 0.15) is 18.7 Å². The highest BCUT2D eigenvalue weighted by Crippen LogP contribution is 2.28. The van der Waals surface area contributed by atoms with E-state index in [0.717, 1.165) is 11.1 Å². The molecular weight excluding hydrogens is 406 g/mol. The molecule has 2 amide bonds. The molecule has 0 spiro atoms. The van der Waals surface area contributed by atoms with Crippen LogP contribution in [0.25, 0.3) is 0 Å². The lowest BCUT2D eigenvalue weighted by atomic mass is 10.0. The highest BCUT2D eigenvalue weighted by molar-refractivity contribution is 5.99. The quantitative estimate of drug-likeness (QED) is 0.678. The summed E-state index contributed by atoms with van der Waals surface area (Å²) in [7, 11) is 0. The van der Waals surface area contributed by atoms with Gasteiger partial charge >= 0.3 is 0 Å². The van der Waals surface area contributed by atoms with Crippen molar-refractivity contribution in [1.29, 1.82) is 0 Å². The Morgan fingerprint density at radius 3 is 2.47 bits per heavy atom. The number of carbonyl (C=O) groups excluding carboxylic acids is 3. The molecule has 4 rings (SSSR count). The van der Waals surface area contributed by atoms with Crippen molar-refractivity contribution >= 4 is 23.3 Å². The molecule has 3 atom stereocenters. The Morgan fingerprint density at radius 1 is 1.12 bits per heavy atom. The van der Waals surface area contributed by atoms with Gasteiger partial charge in [-0.3, -0.25) is 14.4 Å². The van der Waals surface area contributed by atoms with Crippen molar-refractivity contribution in [3.63, 3.8) is 0 Å². The van der Waals surface area contributed by atoms with Gasteiger partial charge in [-0.1, -0.05) is 38.1 Å². The summed E-state index contributed by atoms with van der Waals surface area (Å²) in [4.78, 5) is 40.4. The maximum absolute atomic E-state index is 13.5. The number of hydrogen-bond donors (Lipinski definition) is 2. The van der Waals surface area contributed by atoms with Gasteiger partial charge in [0.25, 0.3) is 5.91 Å². The van der Waals surface area contributed by atoms with E-state index < -0.39 is 12.1 Å². The summed E-state index contributed by atoms with van der Waals surface area (Å²) in [6, 6.07) is 13.3. The Labute approximate surface area is 187 Å². The largest absolute Gasteiger partial charge is 0.399 e. The molecule has 2 aliphatic heterocycles. The molecule has 0 aliphatic carbocycles. The average molecular weight is 436 g/mol. The number of nitrogens with two attached hydrogens (primary N) is 1. The Hall–Kier alpha value is -3.19. The summed E-state index contributed by atoms with van der Waals surface area (Å²) in [6.07, 6.45) is 0.682. The van der Waals surface area contributed by atoms with E-state index in [1.54, 1.807) is 29.2 Å². The molecule has 2 heterocycles. The SMILES string of the molecule is CC(C)c1ccc(C(=O)NC(Cc2ccc(N)cc2)C(=O)N2CCC3OCC(=O)C32)cc1. The lowest BCUT2D eigenvalue weighted by Crippen LogP contribution is -2.53. The molecule has 0 aromatic heterocycles. The number of fused-ring (bicyclic) bond motifs is 1. The smallest absolute Gasteiger partial charge is 0.251 e. The summed E-state index contributed by atoms with van der Waals surface area (Å²) in [5.74, 6) is -0.303. The number of Topliss-reactive ketones (excluding diaryl/α,β-unsaturated/α-hetero) is 1. The van der Waals surface area contributed by atoms with Gasteiger partial charge in [0.2, 0.25) is 5.91 Å². The summed E-state index contributed by atoms with van der Waals surface area (Å²) in [6.45, 7) is 4.66. The first-order valence-corrected chi connectivity index (χ1v) is 11.0. The van der Waals surface area contributed by atoms with Crippen LogP contribution < -0.4 is 11.1 Å². The minimum absolute atomic E-state index is 0.0380. The van der Waals surface area contributed by atoms with E-state index in [4.69, 9.17) is 10.5 Å².